The molecule has 1 heterocycles. The number of amides is 2. The van der Waals surface area contributed by atoms with Crippen LogP contribution in [-0.4, -0.2) is 16.0 Å². The standard InChI is InChI=1S/C26H26N4O2/c31-26(27-19-12-6-2-7-13-19)30-23-16-21-22(17-24(23)32-20-14-8-3-9-15-20)29-25(28-21)18-10-4-1-5-11-18/h2-3,6-9,12-18H,1,4-5,10-11H2,(H,28,29)(H2,27,30,31). The summed E-state index contributed by atoms with van der Waals surface area (Å²) in [5, 5.41) is 5.78. The van der Waals surface area contributed by atoms with Gasteiger partial charge < -0.3 is 20.4 Å². The number of aromatic nitrogens is 2. The van der Waals surface area contributed by atoms with Crippen molar-refractivity contribution < 1.29 is 9.53 Å². The van der Waals surface area contributed by atoms with Crippen LogP contribution in [0.25, 0.3) is 11.0 Å². The second kappa shape index (κ2) is 9.14. The van der Waals surface area contributed by atoms with Crippen LogP contribution in [0, 0.1) is 0 Å². The summed E-state index contributed by atoms with van der Waals surface area (Å²) < 4.78 is 6.13. The zero-order valence-corrected chi connectivity index (χ0v) is 17.8. The van der Waals surface area contributed by atoms with Gasteiger partial charge in [0.05, 0.1) is 16.7 Å². The minimum absolute atomic E-state index is 0.337. The molecule has 1 aliphatic carbocycles. The zero-order valence-electron chi connectivity index (χ0n) is 17.8. The number of carbonyl (C=O) groups excluding carboxylic acids is 1. The van der Waals surface area contributed by atoms with Gasteiger partial charge in [0.2, 0.25) is 0 Å². The fourth-order valence-electron chi connectivity index (χ4n) is 4.23. The van der Waals surface area contributed by atoms with E-state index in [0.717, 1.165) is 35.4 Å². The van der Waals surface area contributed by atoms with Gasteiger partial charge in [0.25, 0.3) is 0 Å². The van der Waals surface area contributed by atoms with Crippen molar-refractivity contribution in [3.05, 3.63) is 78.6 Å². The molecule has 0 unspecified atom stereocenters. The Kier molecular flexibility index (Phi) is 5.75. The largest absolute Gasteiger partial charge is 0.455 e. The van der Waals surface area contributed by atoms with Crippen LogP contribution in [0.4, 0.5) is 16.2 Å². The molecule has 1 aromatic heterocycles. The smallest absolute Gasteiger partial charge is 0.323 e. The van der Waals surface area contributed by atoms with E-state index in [-0.39, 0.29) is 6.03 Å². The lowest BCUT2D eigenvalue weighted by Gasteiger charge is -2.18. The van der Waals surface area contributed by atoms with Crippen LogP contribution in [0.15, 0.2) is 72.8 Å². The molecule has 0 bridgehead atoms. The Labute approximate surface area is 187 Å². The molecule has 1 fully saturated rings. The SMILES string of the molecule is O=C(Nc1ccccc1)Nc1cc2nc(C3CCCCC3)[nH]c2cc1Oc1ccccc1. The van der Waals surface area contributed by atoms with Gasteiger partial charge in [-0.15, -0.1) is 0 Å². The lowest BCUT2D eigenvalue weighted by Crippen LogP contribution is -2.19. The molecule has 162 valence electrons. The highest BCUT2D eigenvalue weighted by atomic mass is 16.5. The van der Waals surface area contributed by atoms with E-state index in [1.54, 1.807) is 0 Å². The van der Waals surface area contributed by atoms with Crippen molar-refractivity contribution in [3.63, 3.8) is 0 Å². The number of fused-ring (bicyclic) bond motifs is 1. The molecule has 0 atom stereocenters. The molecular weight excluding hydrogens is 400 g/mol. The second-order valence-electron chi connectivity index (χ2n) is 8.18. The number of H-pyrrole nitrogens is 1. The third kappa shape index (κ3) is 4.59. The summed E-state index contributed by atoms with van der Waals surface area (Å²) in [6.45, 7) is 0. The maximum absolute atomic E-state index is 12.7. The van der Waals surface area contributed by atoms with E-state index in [1.807, 2.05) is 72.8 Å². The highest BCUT2D eigenvalue weighted by Gasteiger charge is 2.20. The zero-order chi connectivity index (χ0) is 21.8. The monoisotopic (exact) mass is 426 g/mol. The van der Waals surface area contributed by atoms with E-state index >= 15 is 0 Å². The summed E-state index contributed by atoms with van der Waals surface area (Å²) in [6.07, 6.45) is 6.12. The van der Waals surface area contributed by atoms with E-state index in [4.69, 9.17) is 9.72 Å². The summed E-state index contributed by atoms with van der Waals surface area (Å²) in [4.78, 5) is 21.0. The molecule has 1 aliphatic rings. The number of nitrogens with zero attached hydrogens (tertiary/aromatic N) is 1. The van der Waals surface area contributed by atoms with Gasteiger partial charge in [-0.05, 0) is 43.2 Å². The van der Waals surface area contributed by atoms with Crippen LogP contribution in [0.3, 0.4) is 0 Å². The number of urea groups is 1. The number of aromatic amines is 1. The minimum Gasteiger partial charge on any atom is -0.455 e. The van der Waals surface area contributed by atoms with E-state index in [0.29, 0.717) is 23.1 Å². The first-order chi connectivity index (χ1) is 15.7. The number of benzene rings is 3. The molecule has 6 nitrogen and oxygen atoms in total. The predicted molar refractivity (Wildman–Crippen MR) is 128 cm³/mol. The number of nitrogens with one attached hydrogen (secondary N) is 3. The molecule has 0 spiro atoms. The van der Waals surface area contributed by atoms with E-state index in [1.165, 1.54) is 19.3 Å². The molecule has 32 heavy (non-hydrogen) atoms. The molecule has 3 aromatic carbocycles. The summed E-state index contributed by atoms with van der Waals surface area (Å²) >= 11 is 0. The van der Waals surface area contributed by atoms with Crippen molar-refractivity contribution in [2.75, 3.05) is 10.6 Å². The minimum atomic E-state index is -0.337. The third-order valence-corrected chi connectivity index (χ3v) is 5.84. The molecule has 3 N–H and O–H groups in total. The Bertz CT molecular complexity index is 1200. The first-order valence-electron chi connectivity index (χ1n) is 11.1. The third-order valence-electron chi connectivity index (χ3n) is 5.84. The molecule has 5 rings (SSSR count). The highest BCUT2D eigenvalue weighted by Crippen LogP contribution is 2.36. The van der Waals surface area contributed by atoms with E-state index in [9.17, 15) is 4.79 Å². The topological polar surface area (TPSA) is 79.0 Å². The van der Waals surface area contributed by atoms with E-state index in [2.05, 4.69) is 15.6 Å². The Morgan fingerprint density at radius 2 is 1.62 bits per heavy atom. The molecule has 2 amide bonds. The van der Waals surface area contributed by atoms with Crippen molar-refractivity contribution in [1.29, 1.82) is 0 Å². The molecule has 0 saturated heterocycles. The molecule has 0 radical (unpaired) electrons. The molecule has 4 aromatic rings. The Balaban J connectivity index is 1.46. The number of hydrogen-bond acceptors (Lipinski definition) is 3. The fourth-order valence-corrected chi connectivity index (χ4v) is 4.23. The van der Waals surface area contributed by atoms with Crippen molar-refractivity contribution in [2.45, 2.75) is 38.0 Å². The van der Waals surface area contributed by atoms with Gasteiger partial charge in [0.15, 0.2) is 5.75 Å². The Morgan fingerprint density at radius 3 is 2.38 bits per heavy atom. The van der Waals surface area contributed by atoms with Crippen molar-refractivity contribution in [2.24, 2.45) is 0 Å². The van der Waals surface area contributed by atoms with Crippen LogP contribution in [0.1, 0.15) is 43.8 Å². The number of anilines is 2. The first kappa shape index (κ1) is 20.1. The normalized spacial score (nSPS) is 14.2. The van der Waals surface area contributed by atoms with Crippen LogP contribution in [0.5, 0.6) is 11.5 Å². The maximum Gasteiger partial charge on any atom is 0.323 e. The lowest BCUT2D eigenvalue weighted by atomic mass is 9.89. The first-order valence-corrected chi connectivity index (χ1v) is 11.1. The number of carbonyl (C=O) groups is 1. The number of rotatable bonds is 5. The number of ether oxygens (including phenoxy) is 1. The van der Waals surface area contributed by atoms with Gasteiger partial charge in [0, 0.05) is 17.7 Å². The van der Waals surface area contributed by atoms with Crippen LogP contribution >= 0.6 is 0 Å². The fraction of sp³-hybridized carbons (Fsp3) is 0.231. The van der Waals surface area contributed by atoms with Crippen LogP contribution in [0.2, 0.25) is 0 Å². The Hall–Kier alpha value is -3.80. The molecule has 1 saturated carbocycles. The summed E-state index contributed by atoms with van der Waals surface area (Å²) in [5.41, 5.74) is 3.01. The second-order valence-corrected chi connectivity index (χ2v) is 8.18. The number of imidazole rings is 1. The number of para-hydroxylation sites is 2. The summed E-state index contributed by atoms with van der Waals surface area (Å²) in [5.74, 6) is 2.75. The summed E-state index contributed by atoms with van der Waals surface area (Å²) in [7, 11) is 0. The average Bonchev–Trinajstić information content (AvgIpc) is 3.24. The van der Waals surface area contributed by atoms with Gasteiger partial charge in [-0.25, -0.2) is 9.78 Å². The van der Waals surface area contributed by atoms with Gasteiger partial charge in [0.1, 0.15) is 11.6 Å². The number of hydrogen-bond donors (Lipinski definition) is 3. The predicted octanol–water partition coefficient (Wildman–Crippen LogP) is 7.05. The molecule has 0 aliphatic heterocycles. The summed E-state index contributed by atoms with van der Waals surface area (Å²) in [6, 6.07) is 22.3. The van der Waals surface area contributed by atoms with Crippen molar-refractivity contribution in [3.8, 4) is 11.5 Å². The Morgan fingerprint density at radius 1 is 0.906 bits per heavy atom. The van der Waals surface area contributed by atoms with Crippen molar-refractivity contribution in [1.82, 2.24) is 9.97 Å². The molecular formula is C26H26N4O2. The highest BCUT2D eigenvalue weighted by molar-refractivity contribution is 6.02. The van der Waals surface area contributed by atoms with Crippen LogP contribution in [-0.2, 0) is 0 Å². The van der Waals surface area contributed by atoms with Crippen molar-refractivity contribution >= 4 is 28.4 Å². The molecule has 6 heteroatoms. The maximum atomic E-state index is 12.7. The van der Waals surface area contributed by atoms with Gasteiger partial charge in [-0.2, -0.15) is 0 Å². The van der Waals surface area contributed by atoms with Gasteiger partial charge in [-0.3, -0.25) is 0 Å². The van der Waals surface area contributed by atoms with E-state index < -0.39 is 0 Å². The average molecular weight is 427 g/mol. The van der Waals surface area contributed by atoms with Gasteiger partial charge in [-0.1, -0.05) is 55.7 Å². The van der Waals surface area contributed by atoms with Gasteiger partial charge >= 0.3 is 6.03 Å². The lowest BCUT2D eigenvalue weighted by molar-refractivity contribution is 0.262. The quantitative estimate of drug-likeness (QED) is 0.320. The van der Waals surface area contributed by atoms with Crippen LogP contribution < -0.4 is 15.4 Å².